The summed E-state index contributed by atoms with van der Waals surface area (Å²) in [5.41, 5.74) is 2.47. The van der Waals surface area contributed by atoms with E-state index in [0.717, 1.165) is 5.56 Å². The number of rotatable bonds is 5. The lowest BCUT2D eigenvalue weighted by Gasteiger charge is -2.06. The van der Waals surface area contributed by atoms with E-state index in [1.807, 2.05) is 11.5 Å². The van der Waals surface area contributed by atoms with E-state index >= 15 is 0 Å². The van der Waals surface area contributed by atoms with Crippen LogP contribution < -0.4 is 5.32 Å². The Labute approximate surface area is 137 Å². The average Bonchev–Trinajstić information content (AvgIpc) is 2.91. The molecule has 2 N–H and O–H groups in total. The first-order valence-electron chi connectivity index (χ1n) is 7.03. The number of hydrogen-bond donors (Lipinski definition) is 2. The molecule has 3 aromatic rings. The lowest BCUT2D eigenvalue weighted by atomic mass is 10.1. The minimum absolute atomic E-state index is 0.149. The molecular weight excluding hydrogens is 318 g/mol. The number of anilines is 1. The van der Waals surface area contributed by atoms with Gasteiger partial charge in [0.05, 0.1) is 18.4 Å². The molecule has 23 heavy (non-hydrogen) atoms. The average molecular weight is 332 g/mol. The molecule has 0 aliphatic heterocycles. The van der Waals surface area contributed by atoms with E-state index in [1.165, 1.54) is 0 Å². The van der Waals surface area contributed by atoms with Crippen molar-refractivity contribution < 1.29 is 9.90 Å². The van der Waals surface area contributed by atoms with Crippen molar-refractivity contribution in [3.05, 3.63) is 47.0 Å². The van der Waals surface area contributed by atoms with Gasteiger partial charge < -0.3 is 15.0 Å². The van der Waals surface area contributed by atoms with Crippen LogP contribution >= 0.6 is 11.6 Å². The molecule has 0 fully saturated rings. The van der Waals surface area contributed by atoms with Crippen LogP contribution in [0, 0.1) is 0 Å². The number of aromatic nitrogens is 4. The summed E-state index contributed by atoms with van der Waals surface area (Å²) < 4.78 is 1.85. The Hall–Kier alpha value is -2.67. The molecule has 0 aliphatic rings. The molecule has 8 heteroatoms. The van der Waals surface area contributed by atoms with Crippen LogP contribution in [0.5, 0.6) is 0 Å². The Kier molecular flexibility index (Phi) is 4.12. The Balaban J connectivity index is 1.95. The van der Waals surface area contributed by atoms with Crippen molar-refractivity contribution in [2.45, 2.75) is 13.5 Å². The molecule has 2 aromatic heterocycles. The number of halogens is 1. The summed E-state index contributed by atoms with van der Waals surface area (Å²) in [6.45, 7) is 3.17. The third kappa shape index (κ3) is 3.09. The van der Waals surface area contributed by atoms with Crippen molar-refractivity contribution in [1.29, 1.82) is 0 Å². The normalized spacial score (nSPS) is 10.9. The molecule has 0 bridgehead atoms. The maximum Gasteiger partial charge on any atom is 0.335 e. The number of imidazole rings is 1. The molecule has 0 spiro atoms. The van der Waals surface area contributed by atoms with Gasteiger partial charge in [0.1, 0.15) is 0 Å². The predicted molar refractivity (Wildman–Crippen MR) is 87.0 cm³/mol. The Morgan fingerprint density at radius 2 is 2.04 bits per heavy atom. The van der Waals surface area contributed by atoms with Crippen LogP contribution in [0.15, 0.2) is 30.6 Å². The van der Waals surface area contributed by atoms with E-state index in [0.29, 0.717) is 30.1 Å². The summed E-state index contributed by atoms with van der Waals surface area (Å²) in [5.74, 6) is -0.345. The number of nitrogens with one attached hydrogen (secondary N) is 1. The Morgan fingerprint density at radius 1 is 1.30 bits per heavy atom. The summed E-state index contributed by atoms with van der Waals surface area (Å²) in [6, 6.07) is 6.68. The highest BCUT2D eigenvalue weighted by Gasteiger charge is 2.12. The molecule has 0 atom stereocenters. The number of benzene rings is 1. The van der Waals surface area contributed by atoms with E-state index < -0.39 is 5.97 Å². The number of carboxylic acids is 1. The quantitative estimate of drug-likeness (QED) is 0.698. The highest BCUT2D eigenvalue weighted by atomic mass is 35.5. The van der Waals surface area contributed by atoms with Gasteiger partial charge in [0.15, 0.2) is 17.0 Å². The fourth-order valence-electron chi connectivity index (χ4n) is 2.27. The van der Waals surface area contributed by atoms with Gasteiger partial charge in [-0.2, -0.15) is 9.97 Å². The van der Waals surface area contributed by atoms with Gasteiger partial charge in [-0.05, 0) is 36.2 Å². The molecule has 0 aliphatic carbocycles. The molecule has 7 nitrogen and oxygen atoms in total. The van der Waals surface area contributed by atoms with E-state index in [2.05, 4.69) is 20.3 Å². The van der Waals surface area contributed by atoms with E-state index in [-0.39, 0.29) is 10.8 Å². The molecule has 0 saturated carbocycles. The number of nitrogens with zero attached hydrogens (tertiary/aromatic N) is 4. The first-order chi connectivity index (χ1) is 11.1. The van der Waals surface area contributed by atoms with Crippen LogP contribution in [-0.2, 0) is 6.54 Å². The van der Waals surface area contributed by atoms with E-state index in [4.69, 9.17) is 16.7 Å². The van der Waals surface area contributed by atoms with Gasteiger partial charge in [-0.25, -0.2) is 9.78 Å². The zero-order valence-corrected chi connectivity index (χ0v) is 13.1. The second-order valence-electron chi connectivity index (χ2n) is 4.92. The largest absolute Gasteiger partial charge is 0.478 e. The van der Waals surface area contributed by atoms with E-state index in [9.17, 15) is 4.79 Å². The second-order valence-corrected chi connectivity index (χ2v) is 5.26. The molecule has 118 valence electrons. The second kappa shape index (κ2) is 6.21. The van der Waals surface area contributed by atoms with Crippen LogP contribution in [0.25, 0.3) is 11.2 Å². The van der Waals surface area contributed by atoms with Crippen molar-refractivity contribution in [3.8, 4) is 0 Å². The summed E-state index contributed by atoms with van der Waals surface area (Å²) in [5, 5.41) is 12.2. The first-order valence-corrected chi connectivity index (χ1v) is 7.40. The van der Waals surface area contributed by atoms with Crippen LogP contribution in [0.3, 0.4) is 0 Å². The highest BCUT2D eigenvalue weighted by molar-refractivity contribution is 6.28. The summed E-state index contributed by atoms with van der Waals surface area (Å²) in [4.78, 5) is 23.6. The number of carbonyl (C=O) groups is 1. The topological polar surface area (TPSA) is 92.9 Å². The van der Waals surface area contributed by atoms with Crippen LogP contribution in [0.2, 0.25) is 5.28 Å². The Morgan fingerprint density at radius 3 is 2.70 bits per heavy atom. The molecular formula is C15H14ClN5O2. The Bertz CT molecular complexity index is 860. The minimum atomic E-state index is -0.945. The van der Waals surface area contributed by atoms with Gasteiger partial charge >= 0.3 is 5.97 Å². The van der Waals surface area contributed by atoms with Crippen molar-refractivity contribution in [3.63, 3.8) is 0 Å². The maximum atomic E-state index is 10.9. The molecule has 2 heterocycles. The maximum absolute atomic E-state index is 10.9. The highest BCUT2D eigenvalue weighted by Crippen LogP contribution is 2.21. The molecule has 0 unspecified atom stereocenters. The lowest BCUT2D eigenvalue weighted by Crippen LogP contribution is -2.04. The summed E-state index contributed by atoms with van der Waals surface area (Å²) in [6.07, 6.45) is 1.67. The third-order valence-electron chi connectivity index (χ3n) is 3.33. The molecule has 1 aromatic carbocycles. The van der Waals surface area contributed by atoms with Crippen molar-refractivity contribution in [1.82, 2.24) is 19.5 Å². The van der Waals surface area contributed by atoms with Gasteiger partial charge in [-0.3, -0.25) is 0 Å². The third-order valence-corrected chi connectivity index (χ3v) is 3.50. The zero-order chi connectivity index (χ0) is 16.4. The van der Waals surface area contributed by atoms with Gasteiger partial charge in [-0.1, -0.05) is 12.1 Å². The number of carboxylic acid groups (broad SMARTS) is 1. The number of aromatic carboxylic acids is 1. The SMILES string of the molecule is CCNc1nc(Cl)nc2c1ncn2Cc1ccc(C(=O)O)cc1. The van der Waals surface area contributed by atoms with Crippen molar-refractivity contribution >= 4 is 34.6 Å². The molecule has 0 radical (unpaired) electrons. The fraction of sp³-hybridized carbons (Fsp3) is 0.200. The van der Waals surface area contributed by atoms with E-state index in [1.54, 1.807) is 30.6 Å². The smallest absolute Gasteiger partial charge is 0.335 e. The predicted octanol–water partition coefficient (Wildman–Crippen LogP) is 2.66. The number of hydrogen-bond acceptors (Lipinski definition) is 5. The fourth-order valence-corrected chi connectivity index (χ4v) is 2.44. The van der Waals surface area contributed by atoms with Gasteiger partial charge in [0, 0.05) is 6.54 Å². The minimum Gasteiger partial charge on any atom is -0.478 e. The number of fused-ring (bicyclic) bond motifs is 1. The standard InChI is InChI=1S/C15H14ClN5O2/c1-2-17-12-11-13(20-15(16)19-12)21(8-18-11)7-9-3-5-10(6-4-9)14(22)23/h3-6,8H,2,7H2,1H3,(H,22,23)(H,17,19,20). The molecule has 0 saturated heterocycles. The van der Waals surface area contributed by atoms with Crippen LogP contribution in [-0.4, -0.2) is 37.1 Å². The van der Waals surface area contributed by atoms with Crippen molar-refractivity contribution in [2.24, 2.45) is 0 Å². The van der Waals surface area contributed by atoms with Gasteiger partial charge in [-0.15, -0.1) is 0 Å². The summed E-state index contributed by atoms with van der Waals surface area (Å²) >= 11 is 5.98. The molecule has 3 rings (SSSR count). The van der Waals surface area contributed by atoms with Crippen LogP contribution in [0.4, 0.5) is 5.82 Å². The monoisotopic (exact) mass is 331 g/mol. The molecule has 0 amide bonds. The van der Waals surface area contributed by atoms with Gasteiger partial charge in [0.25, 0.3) is 0 Å². The van der Waals surface area contributed by atoms with Crippen LogP contribution in [0.1, 0.15) is 22.8 Å². The zero-order valence-electron chi connectivity index (χ0n) is 12.3. The first kappa shape index (κ1) is 15.2. The summed E-state index contributed by atoms with van der Waals surface area (Å²) in [7, 11) is 0. The lowest BCUT2D eigenvalue weighted by molar-refractivity contribution is 0.0697. The van der Waals surface area contributed by atoms with Crippen molar-refractivity contribution in [2.75, 3.05) is 11.9 Å². The van der Waals surface area contributed by atoms with Gasteiger partial charge in [0.2, 0.25) is 5.28 Å².